The smallest absolute Gasteiger partial charge is 0.308 e. The van der Waals surface area contributed by atoms with E-state index in [-0.39, 0.29) is 11.7 Å². The molecule has 2 aromatic rings. The molecule has 0 atom stereocenters. The summed E-state index contributed by atoms with van der Waals surface area (Å²) in [7, 11) is 3.00. The van der Waals surface area contributed by atoms with E-state index in [0.717, 1.165) is 5.56 Å². The van der Waals surface area contributed by atoms with Crippen molar-refractivity contribution in [1.82, 2.24) is 0 Å². The Morgan fingerprint density at radius 3 is 2.00 bits per heavy atom. The number of methoxy groups -OCH3 is 2. The van der Waals surface area contributed by atoms with Crippen molar-refractivity contribution in [2.75, 3.05) is 19.5 Å². The molecule has 6 nitrogen and oxygen atoms in total. The van der Waals surface area contributed by atoms with E-state index in [0.29, 0.717) is 28.3 Å². The number of ether oxygens (including phenoxy) is 3. The molecule has 0 radical (unpaired) electrons. The van der Waals surface area contributed by atoms with Crippen LogP contribution in [0.2, 0.25) is 0 Å². The fourth-order valence-electron chi connectivity index (χ4n) is 2.72. The third-order valence-electron chi connectivity index (χ3n) is 3.61. The maximum Gasteiger partial charge on any atom is 0.308 e. The molecular weight excluding hydrogens is 322 g/mol. The minimum Gasteiger partial charge on any atom is -0.494 e. The first-order valence-corrected chi connectivity index (χ1v) is 7.70. The molecule has 6 heteroatoms. The van der Waals surface area contributed by atoms with E-state index in [4.69, 9.17) is 14.2 Å². The highest BCUT2D eigenvalue weighted by Crippen LogP contribution is 2.51. The molecule has 0 aromatic heterocycles. The van der Waals surface area contributed by atoms with Gasteiger partial charge in [0, 0.05) is 19.4 Å². The number of benzene rings is 2. The Labute approximate surface area is 146 Å². The van der Waals surface area contributed by atoms with Gasteiger partial charge in [-0.1, -0.05) is 30.3 Å². The van der Waals surface area contributed by atoms with Gasteiger partial charge in [-0.15, -0.1) is 0 Å². The lowest BCUT2D eigenvalue weighted by molar-refractivity contribution is -0.132. The summed E-state index contributed by atoms with van der Waals surface area (Å²) in [5.74, 6) is 0.299. The van der Waals surface area contributed by atoms with Crippen LogP contribution in [0.4, 0.5) is 5.69 Å². The summed E-state index contributed by atoms with van der Waals surface area (Å²) in [6.45, 7) is 4.48. The zero-order valence-electron chi connectivity index (χ0n) is 14.9. The van der Waals surface area contributed by atoms with Crippen LogP contribution in [0.25, 0.3) is 11.1 Å². The van der Waals surface area contributed by atoms with E-state index < -0.39 is 5.97 Å². The summed E-state index contributed by atoms with van der Waals surface area (Å²) < 4.78 is 16.4. The van der Waals surface area contributed by atoms with Crippen LogP contribution in [0.1, 0.15) is 19.4 Å². The normalized spacial score (nSPS) is 10.1. The topological polar surface area (TPSA) is 73.9 Å². The molecule has 1 amide bonds. The van der Waals surface area contributed by atoms with Gasteiger partial charge in [0.2, 0.25) is 5.91 Å². The first-order valence-electron chi connectivity index (χ1n) is 7.70. The number of nitrogens with one attached hydrogen (secondary N) is 1. The van der Waals surface area contributed by atoms with Crippen molar-refractivity contribution in [3.63, 3.8) is 0 Å². The van der Waals surface area contributed by atoms with Crippen LogP contribution >= 0.6 is 0 Å². The van der Waals surface area contributed by atoms with Crippen LogP contribution in [0, 0.1) is 6.92 Å². The molecule has 0 unspecified atom stereocenters. The minimum atomic E-state index is -0.492. The highest BCUT2D eigenvalue weighted by molar-refractivity contribution is 6.01. The number of hydrogen-bond donors (Lipinski definition) is 1. The van der Waals surface area contributed by atoms with Gasteiger partial charge in [-0.25, -0.2) is 0 Å². The van der Waals surface area contributed by atoms with Crippen molar-refractivity contribution < 1.29 is 23.8 Å². The summed E-state index contributed by atoms with van der Waals surface area (Å²) in [6.07, 6.45) is 0. The van der Waals surface area contributed by atoms with E-state index in [1.807, 2.05) is 30.3 Å². The predicted molar refractivity (Wildman–Crippen MR) is 95.3 cm³/mol. The Kier molecular flexibility index (Phi) is 5.64. The second-order valence-electron chi connectivity index (χ2n) is 5.41. The highest BCUT2D eigenvalue weighted by Gasteiger charge is 2.27. The molecule has 2 rings (SSSR count). The molecule has 0 saturated heterocycles. The zero-order chi connectivity index (χ0) is 18.6. The minimum absolute atomic E-state index is 0.239. The predicted octanol–water partition coefficient (Wildman–Crippen LogP) is 3.56. The Bertz CT molecular complexity index is 754. The van der Waals surface area contributed by atoms with Crippen molar-refractivity contribution in [3.8, 4) is 28.4 Å². The van der Waals surface area contributed by atoms with E-state index >= 15 is 0 Å². The molecule has 0 aliphatic carbocycles. The quantitative estimate of drug-likeness (QED) is 0.664. The molecule has 132 valence electrons. The third kappa shape index (κ3) is 3.74. The Balaban J connectivity index is 2.94. The number of anilines is 1. The van der Waals surface area contributed by atoms with Gasteiger partial charge < -0.3 is 19.5 Å². The molecule has 0 bridgehead atoms. The zero-order valence-corrected chi connectivity index (χ0v) is 14.9. The van der Waals surface area contributed by atoms with E-state index in [1.54, 1.807) is 6.92 Å². The number of carbonyl (C=O) groups is 2. The number of carbonyl (C=O) groups excluding carboxylic acids is 2. The van der Waals surface area contributed by atoms with Crippen molar-refractivity contribution >= 4 is 17.6 Å². The van der Waals surface area contributed by atoms with Gasteiger partial charge in [0.05, 0.1) is 25.5 Å². The Hall–Kier alpha value is -3.02. The molecule has 0 aliphatic rings. The summed E-state index contributed by atoms with van der Waals surface area (Å²) in [4.78, 5) is 23.4. The van der Waals surface area contributed by atoms with Crippen LogP contribution in [-0.2, 0) is 9.59 Å². The van der Waals surface area contributed by atoms with Crippen molar-refractivity contribution in [3.05, 3.63) is 35.9 Å². The second kappa shape index (κ2) is 7.70. The first-order chi connectivity index (χ1) is 11.9. The van der Waals surface area contributed by atoms with Crippen LogP contribution in [0.15, 0.2) is 30.3 Å². The number of rotatable bonds is 5. The molecule has 25 heavy (non-hydrogen) atoms. The first kappa shape index (κ1) is 18.3. The standard InChI is InChI=1S/C19H21NO5/c1-11-17(23-4)16(20-12(2)21)15(14-9-7-6-8-10-14)19(18(11)24-5)25-13(3)22/h6-10H,1-5H3,(H,20,21). The van der Waals surface area contributed by atoms with Crippen LogP contribution < -0.4 is 19.5 Å². The molecule has 2 aromatic carbocycles. The van der Waals surface area contributed by atoms with E-state index in [1.165, 1.54) is 28.1 Å². The van der Waals surface area contributed by atoms with Gasteiger partial charge in [0.25, 0.3) is 0 Å². The van der Waals surface area contributed by atoms with Crippen molar-refractivity contribution in [1.29, 1.82) is 0 Å². The molecule has 1 N–H and O–H groups in total. The highest BCUT2D eigenvalue weighted by atomic mass is 16.6. The van der Waals surface area contributed by atoms with Crippen molar-refractivity contribution in [2.24, 2.45) is 0 Å². The van der Waals surface area contributed by atoms with Gasteiger partial charge in [-0.2, -0.15) is 0 Å². The number of esters is 1. The number of hydrogen-bond acceptors (Lipinski definition) is 5. The Morgan fingerprint density at radius 2 is 1.52 bits per heavy atom. The molecule has 0 fully saturated rings. The fraction of sp³-hybridized carbons (Fsp3) is 0.263. The van der Waals surface area contributed by atoms with Gasteiger partial charge in [0.15, 0.2) is 11.5 Å². The average Bonchev–Trinajstić information content (AvgIpc) is 2.55. The maximum absolute atomic E-state index is 11.8. The van der Waals surface area contributed by atoms with Crippen LogP contribution in [0.3, 0.4) is 0 Å². The molecule has 0 saturated carbocycles. The summed E-state index contributed by atoms with van der Waals surface area (Å²) in [5.41, 5.74) is 2.31. The average molecular weight is 343 g/mol. The summed E-state index contributed by atoms with van der Waals surface area (Å²) in [5, 5.41) is 2.79. The van der Waals surface area contributed by atoms with Crippen LogP contribution in [0.5, 0.6) is 17.2 Å². The second-order valence-corrected chi connectivity index (χ2v) is 5.41. The lowest BCUT2D eigenvalue weighted by atomic mass is 9.98. The van der Waals surface area contributed by atoms with Crippen molar-refractivity contribution in [2.45, 2.75) is 20.8 Å². The molecule has 0 spiro atoms. The summed E-state index contributed by atoms with van der Waals surface area (Å²) in [6, 6.07) is 9.27. The molecular formula is C19H21NO5. The summed E-state index contributed by atoms with van der Waals surface area (Å²) >= 11 is 0. The monoisotopic (exact) mass is 343 g/mol. The maximum atomic E-state index is 11.8. The molecule has 0 heterocycles. The lowest BCUT2D eigenvalue weighted by Gasteiger charge is -2.23. The Morgan fingerprint density at radius 1 is 0.920 bits per heavy atom. The van der Waals surface area contributed by atoms with Gasteiger partial charge >= 0.3 is 5.97 Å². The van der Waals surface area contributed by atoms with Gasteiger partial charge in [-0.3, -0.25) is 9.59 Å². The molecule has 0 aliphatic heterocycles. The fourth-order valence-corrected chi connectivity index (χ4v) is 2.72. The SMILES string of the molecule is COc1c(C)c(OC)c(OC(C)=O)c(-c2ccccc2)c1NC(C)=O. The van der Waals surface area contributed by atoms with E-state index in [2.05, 4.69) is 5.32 Å². The van der Waals surface area contributed by atoms with Gasteiger partial charge in [0.1, 0.15) is 5.75 Å². The number of amides is 1. The largest absolute Gasteiger partial charge is 0.494 e. The lowest BCUT2D eigenvalue weighted by Crippen LogP contribution is -2.13. The van der Waals surface area contributed by atoms with Crippen LogP contribution in [-0.4, -0.2) is 26.1 Å². The third-order valence-corrected chi connectivity index (χ3v) is 3.61. The van der Waals surface area contributed by atoms with E-state index in [9.17, 15) is 9.59 Å². The van der Waals surface area contributed by atoms with Gasteiger partial charge in [-0.05, 0) is 12.5 Å².